The molecule has 0 saturated carbocycles. The number of methoxy groups -OCH3 is 1. The first-order valence-electron chi connectivity index (χ1n) is 6.24. The standard InChI is InChI=1S/C15H13ClO5S/c1-20-13-4-2-3-5-14(13)21-15(17)10-22(18,19)12-8-6-11(16)7-9-12/h2-9H,10H2,1H3. The molecule has 0 bridgehead atoms. The van der Waals surface area contributed by atoms with Crippen LogP contribution < -0.4 is 9.47 Å². The van der Waals surface area contributed by atoms with Crippen molar-refractivity contribution in [3.63, 3.8) is 0 Å². The maximum absolute atomic E-state index is 12.1. The van der Waals surface area contributed by atoms with Crippen LogP contribution in [0, 0.1) is 0 Å². The summed E-state index contributed by atoms with van der Waals surface area (Å²) in [6.45, 7) is 0. The molecule has 116 valence electrons. The zero-order chi connectivity index (χ0) is 16.2. The average molecular weight is 341 g/mol. The molecule has 0 atom stereocenters. The zero-order valence-electron chi connectivity index (χ0n) is 11.7. The van der Waals surface area contributed by atoms with Gasteiger partial charge in [0.1, 0.15) is 0 Å². The number of halogens is 1. The van der Waals surface area contributed by atoms with E-state index in [2.05, 4.69) is 0 Å². The first kappa shape index (κ1) is 16.3. The molecule has 0 unspecified atom stereocenters. The highest BCUT2D eigenvalue weighted by Gasteiger charge is 2.21. The molecule has 0 aliphatic heterocycles. The fourth-order valence-corrected chi connectivity index (χ4v) is 2.95. The number of benzene rings is 2. The highest BCUT2D eigenvalue weighted by Crippen LogP contribution is 2.26. The molecule has 0 fully saturated rings. The van der Waals surface area contributed by atoms with Gasteiger partial charge in [0.25, 0.3) is 0 Å². The summed E-state index contributed by atoms with van der Waals surface area (Å²) in [5.74, 6) is -1.15. The maximum Gasteiger partial charge on any atom is 0.327 e. The summed E-state index contributed by atoms with van der Waals surface area (Å²) in [6.07, 6.45) is 0. The molecule has 2 aromatic carbocycles. The lowest BCUT2D eigenvalue weighted by molar-refractivity contribution is -0.131. The molecule has 0 heterocycles. The van der Waals surface area contributed by atoms with E-state index >= 15 is 0 Å². The van der Waals surface area contributed by atoms with Crippen LogP contribution in [0.3, 0.4) is 0 Å². The van der Waals surface area contributed by atoms with Gasteiger partial charge in [0, 0.05) is 5.02 Å². The summed E-state index contributed by atoms with van der Waals surface area (Å²) in [5, 5.41) is 0.413. The quantitative estimate of drug-likeness (QED) is 0.618. The third-order valence-electron chi connectivity index (χ3n) is 2.77. The minimum atomic E-state index is -3.79. The molecule has 2 aromatic rings. The van der Waals surface area contributed by atoms with E-state index in [4.69, 9.17) is 21.1 Å². The van der Waals surface area contributed by atoms with E-state index in [9.17, 15) is 13.2 Å². The highest BCUT2D eigenvalue weighted by molar-refractivity contribution is 7.92. The summed E-state index contributed by atoms with van der Waals surface area (Å²) >= 11 is 5.71. The Kier molecular flexibility index (Phi) is 5.05. The van der Waals surface area contributed by atoms with Gasteiger partial charge in [0.05, 0.1) is 12.0 Å². The Labute approximate surface area is 133 Å². The van der Waals surface area contributed by atoms with Crippen LogP contribution in [-0.2, 0) is 14.6 Å². The van der Waals surface area contributed by atoms with Gasteiger partial charge >= 0.3 is 5.97 Å². The van der Waals surface area contributed by atoms with Crippen LogP contribution >= 0.6 is 11.6 Å². The van der Waals surface area contributed by atoms with Crippen LogP contribution in [0.15, 0.2) is 53.4 Å². The number of esters is 1. The lowest BCUT2D eigenvalue weighted by atomic mass is 10.3. The Hall–Kier alpha value is -2.05. The molecule has 2 rings (SSSR count). The lowest BCUT2D eigenvalue weighted by Gasteiger charge is -2.09. The Morgan fingerprint density at radius 3 is 2.23 bits per heavy atom. The van der Waals surface area contributed by atoms with E-state index in [-0.39, 0.29) is 10.6 Å². The number of rotatable bonds is 5. The van der Waals surface area contributed by atoms with Crippen molar-refractivity contribution in [3.05, 3.63) is 53.6 Å². The molecule has 0 amide bonds. The van der Waals surface area contributed by atoms with Crippen LogP contribution in [0.4, 0.5) is 0 Å². The van der Waals surface area contributed by atoms with Crippen LogP contribution in [-0.4, -0.2) is 27.2 Å². The van der Waals surface area contributed by atoms with Gasteiger partial charge in [-0.2, -0.15) is 0 Å². The summed E-state index contributed by atoms with van der Waals surface area (Å²) in [7, 11) is -2.36. The number of carbonyl (C=O) groups excluding carboxylic acids is 1. The molecule has 0 radical (unpaired) electrons. The summed E-state index contributed by atoms with van der Waals surface area (Å²) < 4.78 is 34.3. The molecule has 22 heavy (non-hydrogen) atoms. The fraction of sp³-hybridized carbons (Fsp3) is 0.133. The Morgan fingerprint density at radius 1 is 1.05 bits per heavy atom. The van der Waals surface area contributed by atoms with E-state index in [0.29, 0.717) is 10.8 Å². The van der Waals surface area contributed by atoms with Crippen LogP contribution in [0.1, 0.15) is 0 Å². The second-order valence-corrected chi connectivity index (χ2v) is 6.76. The topological polar surface area (TPSA) is 69.7 Å². The molecule has 0 saturated heterocycles. The van der Waals surface area contributed by atoms with Gasteiger partial charge in [-0.15, -0.1) is 0 Å². The summed E-state index contributed by atoms with van der Waals surface area (Å²) in [6, 6.07) is 12.1. The van der Waals surface area contributed by atoms with Crippen molar-refractivity contribution < 1.29 is 22.7 Å². The van der Waals surface area contributed by atoms with Gasteiger partial charge in [-0.25, -0.2) is 8.42 Å². The second kappa shape index (κ2) is 6.81. The van der Waals surface area contributed by atoms with Crippen LogP contribution in [0.25, 0.3) is 0 Å². The van der Waals surface area contributed by atoms with Crippen molar-refractivity contribution in [2.75, 3.05) is 12.9 Å². The van der Waals surface area contributed by atoms with Gasteiger partial charge < -0.3 is 9.47 Å². The Bertz CT molecular complexity index is 769. The van der Waals surface area contributed by atoms with Crippen molar-refractivity contribution in [1.82, 2.24) is 0 Å². The molecular formula is C15H13ClO5S. The molecule has 0 aliphatic rings. The maximum atomic E-state index is 12.1. The SMILES string of the molecule is COc1ccccc1OC(=O)CS(=O)(=O)c1ccc(Cl)cc1. The predicted molar refractivity (Wildman–Crippen MR) is 82.1 cm³/mol. The molecular weight excluding hydrogens is 328 g/mol. The van der Waals surface area contributed by atoms with Crippen molar-refractivity contribution in [2.45, 2.75) is 4.90 Å². The van der Waals surface area contributed by atoms with Crippen LogP contribution in [0.2, 0.25) is 5.02 Å². The average Bonchev–Trinajstić information content (AvgIpc) is 2.47. The van der Waals surface area contributed by atoms with E-state index in [1.807, 2.05) is 0 Å². The van der Waals surface area contributed by atoms with Crippen molar-refractivity contribution >= 4 is 27.4 Å². The minimum absolute atomic E-state index is 0.00822. The van der Waals surface area contributed by atoms with Crippen LogP contribution in [0.5, 0.6) is 11.5 Å². The number of ether oxygens (including phenoxy) is 2. The van der Waals surface area contributed by atoms with E-state index < -0.39 is 21.6 Å². The first-order chi connectivity index (χ1) is 10.4. The number of carbonyl (C=O) groups is 1. The normalized spacial score (nSPS) is 11.0. The largest absolute Gasteiger partial charge is 0.493 e. The van der Waals surface area contributed by atoms with Gasteiger partial charge in [0.15, 0.2) is 27.1 Å². The smallest absolute Gasteiger partial charge is 0.327 e. The van der Waals surface area contributed by atoms with E-state index in [0.717, 1.165) is 0 Å². The van der Waals surface area contributed by atoms with Gasteiger partial charge in [-0.1, -0.05) is 23.7 Å². The summed E-state index contributed by atoms with van der Waals surface area (Å²) in [4.78, 5) is 11.9. The number of sulfone groups is 1. The third kappa shape index (κ3) is 3.99. The monoisotopic (exact) mass is 340 g/mol. The number of para-hydroxylation sites is 2. The predicted octanol–water partition coefficient (Wildman–Crippen LogP) is 2.73. The fourth-order valence-electron chi connectivity index (χ4n) is 1.74. The molecule has 0 spiro atoms. The lowest BCUT2D eigenvalue weighted by Crippen LogP contribution is -2.21. The molecule has 0 N–H and O–H groups in total. The van der Waals surface area contributed by atoms with Crippen molar-refractivity contribution in [1.29, 1.82) is 0 Å². The number of hydrogen-bond acceptors (Lipinski definition) is 5. The molecule has 5 nitrogen and oxygen atoms in total. The van der Waals surface area contributed by atoms with Gasteiger partial charge in [-0.05, 0) is 36.4 Å². The molecule has 0 aliphatic carbocycles. The number of hydrogen-bond donors (Lipinski definition) is 0. The van der Waals surface area contributed by atoms with Gasteiger partial charge in [0.2, 0.25) is 0 Å². The van der Waals surface area contributed by atoms with E-state index in [1.165, 1.54) is 37.4 Å². The zero-order valence-corrected chi connectivity index (χ0v) is 13.2. The highest BCUT2D eigenvalue weighted by atomic mass is 35.5. The van der Waals surface area contributed by atoms with E-state index in [1.54, 1.807) is 18.2 Å². The Morgan fingerprint density at radius 2 is 1.64 bits per heavy atom. The van der Waals surface area contributed by atoms with Crippen molar-refractivity contribution in [3.8, 4) is 11.5 Å². The third-order valence-corrected chi connectivity index (χ3v) is 4.63. The Balaban J connectivity index is 2.13. The summed E-state index contributed by atoms with van der Waals surface area (Å²) in [5.41, 5.74) is 0. The first-order valence-corrected chi connectivity index (χ1v) is 8.27. The molecule has 0 aromatic heterocycles. The second-order valence-electron chi connectivity index (χ2n) is 4.34. The van der Waals surface area contributed by atoms with Gasteiger partial charge in [-0.3, -0.25) is 4.79 Å². The van der Waals surface area contributed by atoms with Crippen molar-refractivity contribution in [2.24, 2.45) is 0 Å². The molecule has 7 heteroatoms. The minimum Gasteiger partial charge on any atom is -0.493 e.